The van der Waals surface area contributed by atoms with Crippen molar-refractivity contribution in [3.63, 3.8) is 0 Å². The molecule has 2 aromatic rings. The van der Waals surface area contributed by atoms with E-state index in [4.69, 9.17) is 0 Å². The molecule has 0 aliphatic heterocycles. The van der Waals surface area contributed by atoms with Crippen molar-refractivity contribution in [3.8, 4) is 5.75 Å². The number of aromatic nitrogens is 2. The monoisotopic (exact) mass is 333 g/mol. The predicted molar refractivity (Wildman–Crippen MR) is 66.1 cm³/mol. The van der Waals surface area contributed by atoms with Crippen LogP contribution < -0.4 is 10.1 Å². The SMILES string of the molecule is FC(F)(F)Oc1ccc(Nc2ncncc2Br)cc1. The first-order valence-electron chi connectivity index (χ1n) is 5.02. The lowest BCUT2D eigenvalue weighted by molar-refractivity contribution is -0.274. The maximum atomic E-state index is 12.0. The van der Waals surface area contributed by atoms with Crippen molar-refractivity contribution < 1.29 is 17.9 Å². The van der Waals surface area contributed by atoms with Gasteiger partial charge < -0.3 is 10.1 Å². The maximum Gasteiger partial charge on any atom is 0.573 e. The highest BCUT2D eigenvalue weighted by molar-refractivity contribution is 9.10. The molecule has 1 heterocycles. The molecule has 100 valence electrons. The third-order valence-corrected chi connectivity index (χ3v) is 2.60. The Morgan fingerprint density at radius 2 is 1.84 bits per heavy atom. The molecule has 1 N–H and O–H groups in total. The van der Waals surface area contributed by atoms with Crippen molar-refractivity contribution in [1.82, 2.24) is 9.97 Å². The van der Waals surface area contributed by atoms with Crippen LogP contribution in [0.15, 0.2) is 41.3 Å². The summed E-state index contributed by atoms with van der Waals surface area (Å²) in [7, 11) is 0. The molecule has 4 nitrogen and oxygen atoms in total. The molecule has 1 aromatic carbocycles. The zero-order valence-electron chi connectivity index (χ0n) is 9.28. The number of hydrogen-bond acceptors (Lipinski definition) is 4. The van der Waals surface area contributed by atoms with E-state index in [1.807, 2.05) is 0 Å². The summed E-state index contributed by atoms with van der Waals surface area (Å²) in [6, 6.07) is 5.33. The van der Waals surface area contributed by atoms with Crippen molar-refractivity contribution in [2.75, 3.05) is 5.32 Å². The average Bonchev–Trinajstić information content (AvgIpc) is 2.33. The Morgan fingerprint density at radius 3 is 2.42 bits per heavy atom. The summed E-state index contributed by atoms with van der Waals surface area (Å²) in [6.45, 7) is 0. The minimum absolute atomic E-state index is 0.278. The molecular weight excluding hydrogens is 327 g/mol. The predicted octanol–water partition coefficient (Wildman–Crippen LogP) is 3.88. The third kappa shape index (κ3) is 4.09. The molecule has 0 radical (unpaired) electrons. The molecule has 0 unspecified atom stereocenters. The van der Waals surface area contributed by atoms with Crippen LogP contribution in [0.25, 0.3) is 0 Å². The summed E-state index contributed by atoms with van der Waals surface area (Å²) < 4.78 is 40.4. The molecule has 0 atom stereocenters. The number of nitrogens with one attached hydrogen (secondary N) is 1. The van der Waals surface area contributed by atoms with Crippen molar-refractivity contribution in [2.24, 2.45) is 0 Å². The molecular formula is C11H7BrF3N3O. The molecule has 0 saturated heterocycles. The minimum Gasteiger partial charge on any atom is -0.406 e. The lowest BCUT2D eigenvalue weighted by atomic mass is 10.3. The molecule has 0 spiro atoms. The maximum absolute atomic E-state index is 12.0. The molecule has 1 aromatic heterocycles. The van der Waals surface area contributed by atoms with E-state index in [1.165, 1.54) is 30.6 Å². The third-order valence-electron chi connectivity index (χ3n) is 2.02. The second-order valence-electron chi connectivity index (χ2n) is 3.42. The fourth-order valence-electron chi connectivity index (χ4n) is 1.28. The van der Waals surface area contributed by atoms with Gasteiger partial charge in [-0.3, -0.25) is 0 Å². The van der Waals surface area contributed by atoms with Crippen molar-refractivity contribution in [2.45, 2.75) is 6.36 Å². The van der Waals surface area contributed by atoms with Crippen LogP contribution in [0.5, 0.6) is 5.75 Å². The Kier molecular flexibility index (Phi) is 3.89. The topological polar surface area (TPSA) is 47.0 Å². The minimum atomic E-state index is -4.69. The summed E-state index contributed by atoms with van der Waals surface area (Å²) >= 11 is 3.25. The number of rotatable bonds is 3. The highest BCUT2D eigenvalue weighted by atomic mass is 79.9. The molecule has 0 saturated carbocycles. The first-order valence-corrected chi connectivity index (χ1v) is 5.82. The standard InChI is InChI=1S/C11H7BrF3N3O/c12-9-5-16-6-17-10(9)18-7-1-3-8(4-2-7)19-11(13,14)15/h1-6H,(H,16,17,18). The van der Waals surface area contributed by atoms with Gasteiger partial charge in [-0.2, -0.15) is 0 Å². The lowest BCUT2D eigenvalue weighted by Crippen LogP contribution is -2.16. The summed E-state index contributed by atoms with van der Waals surface area (Å²) in [5.74, 6) is 0.235. The molecule has 0 aliphatic rings. The highest BCUT2D eigenvalue weighted by Crippen LogP contribution is 2.26. The zero-order chi connectivity index (χ0) is 13.9. The van der Waals surface area contributed by atoms with Gasteiger partial charge in [-0.25, -0.2) is 9.97 Å². The summed E-state index contributed by atoms with van der Waals surface area (Å²) in [4.78, 5) is 7.77. The molecule has 0 aliphatic carbocycles. The van der Waals surface area contributed by atoms with Gasteiger partial charge in [0.25, 0.3) is 0 Å². The van der Waals surface area contributed by atoms with Gasteiger partial charge in [0, 0.05) is 11.9 Å². The quantitative estimate of drug-likeness (QED) is 0.925. The van der Waals surface area contributed by atoms with Crippen LogP contribution in [0.2, 0.25) is 0 Å². The first kappa shape index (κ1) is 13.6. The average molecular weight is 334 g/mol. The van der Waals surface area contributed by atoms with E-state index in [2.05, 4.69) is 36.0 Å². The molecule has 0 fully saturated rings. The number of halogens is 4. The summed E-state index contributed by atoms with van der Waals surface area (Å²) in [5.41, 5.74) is 0.578. The Balaban J connectivity index is 2.09. The van der Waals surface area contributed by atoms with Crippen LogP contribution >= 0.6 is 15.9 Å². The van der Waals surface area contributed by atoms with Crippen LogP contribution in [0.1, 0.15) is 0 Å². The van der Waals surface area contributed by atoms with E-state index in [-0.39, 0.29) is 5.75 Å². The van der Waals surface area contributed by atoms with Gasteiger partial charge in [0.05, 0.1) is 4.47 Å². The Hall–Kier alpha value is -1.83. The number of ether oxygens (including phenoxy) is 1. The van der Waals surface area contributed by atoms with Gasteiger partial charge in [-0.1, -0.05) is 0 Å². The number of benzene rings is 1. The van der Waals surface area contributed by atoms with Crippen LogP contribution in [-0.2, 0) is 0 Å². The zero-order valence-corrected chi connectivity index (χ0v) is 10.9. The number of hydrogen-bond donors (Lipinski definition) is 1. The van der Waals surface area contributed by atoms with Crippen LogP contribution in [0.3, 0.4) is 0 Å². The fraction of sp³-hybridized carbons (Fsp3) is 0.0909. The smallest absolute Gasteiger partial charge is 0.406 e. The van der Waals surface area contributed by atoms with E-state index >= 15 is 0 Å². The van der Waals surface area contributed by atoms with E-state index < -0.39 is 6.36 Å². The normalized spacial score (nSPS) is 11.2. The van der Waals surface area contributed by atoms with Gasteiger partial charge in [-0.05, 0) is 40.2 Å². The van der Waals surface area contributed by atoms with Crippen LogP contribution in [0.4, 0.5) is 24.7 Å². The van der Waals surface area contributed by atoms with Gasteiger partial charge in [0.15, 0.2) is 0 Å². The number of anilines is 2. The van der Waals surface area contributed by atoms with E-state index in [9.17, 15) is 13.2 Å². The van der Waals surface area contributed by atoms with Crippen molar-refractivity contribution in [3.05, 3.63) is 41.3 Å². The number of alkyl halides is 3. The van der Waals surface area contributed by atoms with E-state index in [0.717, 1.165) is 0 Å². The molecule has 0 bridgehead atoms. The molecule has 2 rings (SSSR count). The van der Waals surface area contributed by atoms with Crippen LogP contribution in [0, 0.1) is 0 Å². The Labute approximate surface area is 114 Å². The molecule has 0 amide bonds. The second kappa shape index (κ2) is 5.43. The number of nitrogens with zero attached hydrogens (tertiary/aromatic N) is 2. The van der Waals surface area contributed by atoms with Gasteiger partial charge >= 0.3 is 6.36 Å². The lowest BCUT2D eigenvalue weighted by Gasteiger charge is -2.10. The Bertz CT molecular complexity index is 560. The van der Waals surface area contributed by atoms with Gasteiger partial charge in [0.2, 0.25) is 0 Å². The van der Waals surface area contributed by atoms with Gasteiger partial charge in [-0.15, -0.1) is 13.2 Å². The molecule has 8 heteroatoms. The van der Waals surface area contributed by atoms with Crippen molar-refractivity contribution in [1.29, 1.82) is 0 Å². The summed E-state index contributed by atoms with van der Waals surface area (Å²) in [5, 5.41) is 2.93. The van der Waals surface area contributed by atoms with E-state index in [1.54, 1.807) is 6.20 Å². The summed E-state index contributed by atoms with van der Waals surface area (Å²) in [6.07, 6.45) is -1.78. The van der Waals surface area contributed by atoms with Crippen molar-refractivity contribution >= 4 is 27.4 Å². The first-order chi connectivity index (χ1) is 8.94. The second-order valence-corrected chi connectivity index (χ2v) is 4.27. The largest absolute Gasteiger partial charge is 0.573 e. The van der Waals surface area contributed by atoms with E-state index in [0.29, 0.717) is 16.0 Å². The van der Waals surface area contributed by atoms with Crippen LogP contribution in [-0.4, -0.2) is 16.3 Å². The fourth-order valence-corrected chi connectivity index (χ4v) is 1.60. The highest BCUT2D eigenvalue weighted by Gasteiger charge is 2.30. The molecule has 19 heavy (non-hydrogen) atoms. The Morgan fingerprint density at radius 1 is 1.16 bits per heavy atom. The van der Waals surface area contributed by atoms with Gasteiger partial charge in [0.1, 0.15) is 17.9 Å².